The fourth-order valence-electron chi connectivity index (χ4n) is 9.27. The molecule has 0 radical (unpaired) electrons. The first kappa shape index (κ1) is 44.8. The van der Waals surface area contributed by atoms with E-state index in [-0.39, 0.29) is 34.0 Å². The Kier molecular flexibility index (Phi) is 11.0. The number of aryl methyl sites for hydroxylation is 1. The second kappa shape index (κ2) is 17.4. The van der Waals surface area contributed by atoms with Crippen LogP contribution in [0.1, 0.15) is 80.9 Å². The molecule has 2 unspecified atom stereocenters. The Hall–Kier alpha value is -8.68. The van der Waals surface area contributed by atoms with Crippen molar-refractivity contribution >= 4 is 55.5 Å². The summed E-state index contributed by atoms with van der Waals surface area (Å²) in [5.41, 5.74) is 17.9. The summed E-state index contributed by atoms with van der Waals surface area (Å²) in [6, 6.07) is 20.6. The number of nitrogen functional groups attached to an aromatic ring is 2. The van der Waals surface area contributed by atoms with E-state index in [1.54, 1.807) is 32.7 Å². The van der Waals surface area contributed by atoms with E-state index in [0.717, 1.165) is 53.9 Å². The van der Waals surface area contributed by atoms with Gasteiger partial charge in [-0.1, -0.05) is 0 Å². The molecule has 358 valence electrons. The minimum absolute atomic E-state index is 0.0281. The maximum Gasteiger partial charge on any atom is 0.261 e. The van der Waals surface area contributed by atoms with Crippen LogP contribution in [0.15, 0.2) is 101 Å². The van der Waals surface area contributed by atoms with E-state index in [4.69, 9.17) is 41.1 Å². The summed E-state index contributed by atoms with van der Waals surface area (Å²) < 4.78 is 45.3. The average Bonchev–Trinajstić information content (AvgIpc) is 4.32. The number of methoxy groups -OCH3 is 2. The molecule has 6 heterocycles. The zero-order valence-electron chi connectivity index (χ0n) is 39.2. The zero-order chi connectivity index (χ0) is 49.4. The number of anilines is 2. The van der Waals surface area contributed by atoms with Crippen LogP contribution in [0.5, 0.6) is 11.5 Å². The molecule has 0 aliphatic heterocycles. The van der Waals surface area contributed by atoms with Crippen molar-refractivity contribution in [3.63, 3.8) is 0 Å². The van der Waals surface area contributed by atoms with Gasteiger partial charge in [0.15, 0.2) is 11.3 Å². The summed E-state index contributed by atoms with van der Waals surface area (Å²) >= 11 is 0. The highest BCUT2D eigenvalue weighted by molar-refractivity contribution is 5.99. The third kappa shape index (κ3) is 7.80. The van der Waals surface area contributed by atoms with Gasteiger partial charge in [-0.2, -0.15) is 10.2 Å². The molecular formula is C51H46F2N14O4. The molecule has 2 aliphatic rings. The van der Waals surface area contributed by atoms with Gasteiger partial charge in [0.1, 0.15) is 82.5 Å². The van der Waals surface area contributed by atoms with Crippen molar-refractivity contribution in [3.05, 3.63) is 141 Å². The van der Waals surface area contributed by atoms with Gasteiger partial charge >= 0.3 is 0 Å². The smallest absolute Gasteiger partial charge is 0.261 e. The van der Waals surface area contributed by atoms with E-state index in [1.165, 1.54) is 49.1 Å². The molecule has 10 aromatic rings. The SMILES string of the molecule is COc1ccc(-c2nn(C(C)c3nc4ccc(F)cc4c(=O)n3C3CC3)c3ncnc(N)c23)cc1.COc1ccc(-c2nn(C(C)c3nc4ccc(F)cc4c(=O)n3C3CC3)c3ncnc(N)c23)cc1C. The minimum Gasteiger partial charge on any atom is -0.497 e. The molecule has 0 amide bonds. The molecule has 2 atom stereocenters. The van der Waals surface area contributed by atoms with Crippen LogP contribution in [0.3, 0.4) is 0 Å². The molecule has 6 aromatic heterocycles. The predicted molar refractivity (Wildman–Crippen MR) is 264 cm³/mol. The Balaban J connectivity index is 0.000000154. The standard InChI is InChI=1S/C26H24FN7O2.C25H22FN7O2/c1-13-10-15(4-9-20(13)36-3)22-21-23(28)29-12-30-25(21)34(32-22)14(2)24-31-19-8-5-16(27)11-18(19)26(35)33(24)17-6-7-17;1-13(23-30-19-10-5-15(26)11-18(19)25(34)32(23)16-6-7-16)33-24-20(22(27)28-12-29-24)21(31-33)14-3-8-17(35-2)9-4-14/h4-5,8-12,14,17H,6-7H2,1-3H3,(H2,28,29,30);3-5,8-13,16H,6-7H2,1-2H3,(H2,27,28,29). The second-order valence-electron chi connectivity index (χ2n) is 17.8. The van der Waals surface area contributed by atoms with Crippen molar-refractivity contribution in [1.82, 2.24) is 58.6 Å². The van der Waals surface area contributed by atoms with Gasteiger partial charge in [-0.3, -0.25) is 18.7 Å². The summed E-state index contributed by atoms with van der Waals surface area (Å²) in [6.07, 6.45) is 6.27. The van der Waals surface area contributed by atoms with Crippen LogP contribution < -0.4 is 32.1 Å². The maximum absolute atomic E-state index is 13.9. The molecule has 0 saturated heterocycles. The Labute approximate surface area is 402 Å². The predicted octanol–water partition coefficient (Wildman–Crippen LogP) is 8.06. The topological polar surface area (TPSA) is 227 Å². The number of aromatic nitrogens is 12. The molecule has 4 aromatic carbocycles. The first-order chi connectivity index (χ1) is 34.3. The lowest BCUT2D eigenvalue weighted by molar-refractivity contribution is 0.412. The number of hydrogen-bond donors (Lipinski definition) is 2. The third-order valence-electron chi connectivity index (χ3n) is 13.2. The molecule has 2 aliphatic carbocycles. The fraction of sp³-hybridized carbons (Fsp3) is 0.255. The summed E-state index contributed by atoms with van der Waals surface area (Å²) in [5, 5.41) is 11.6. The van der Waals surface area contributed by atoms with Crippen LogP contribution in [-0.4, -0.2) is 72.8 Å². The van der Waals surface area contributed by atoms with Crippen molar-refractivity contribution in [2.75, 3.05) is 25.7 Å². The lowest BCUT2D eigenvalue weighted by atomic mass is 10.1. The first-order valence-electron chi connectivity index (χ1n) is 23.0. The summed E-state index contributed by atoms with van der Waals surface area (Å²) in [5.74, 6) is 2.26. The normalized spacial score (nSPS) is 14.5. The van der Waals surface area contributed by atoms with Crippen LogP contribution in [0, 0.1) is 18.6 Å². The van der Waals surface area contributed by atoms with Gasteiger partial charge in [0.2, 0.25) is 0 Å². The van der Waals surface area contributed by atoms with Crippen molar-refractivity contribution in [2.24, 2.45) is 0 Å². The van der Waals surface area contributed by atoms with Crippen LogP contribution >= 0.6 is 0 Å². The molecule has 20 heteroatoms. The first-order valence-corrected chi connectivity index (χ1v) is 23.0. The minimum atomic E-state index is -0.464. The van der Waals surface area contributed by atoms with Crippen LogP contribution in [0.4, 0.5) is 20.4 Å². The number of nitrogens with two attached hydrogens (primary N) is 2. The highest BCUT2D eigenvalue weighted by Gasteiger charge is 2.34. The van der Waals surface area contributed by atoms with Crippen molar-refractivity contribution in [2.45, 2.75) is 70.6 Å². The van der Waals surface area contributed by atoms with Crippen LogP contribution in [0.2, 0.25) is 0 Å². The molecule has 2 saturated carbocycles. The Morgan fingerprint density at radius 3 is 1.51 bits per heavy atom. The molecule has 0 bridgehead atoms. The van der Waals surface area contributed by atoms with Crippen molar-refractivity contribution < 1.29 is 18.3 Å². The van der Waals surface area contributed by atoms with Gasteiger partial charge < -0.3 is 20.9 Å². The van der Waals surface area contributed by atoms with Gasteiger partial charge in [-0.15, -0.1) is 0 Å². The van der Waals surface area contributed by atoms with Gasteiger partial charge in [0.05, 0.1) is 46.8 Å². The summed E-state index contributed by atoms with van der Waals surface area (Å²) in [7, 11) is 3.24. The molecule has 71 heavy (non-hydrogen) atoms. The maximum atomic E-state index is 13.9. The number of benzene rings is 4. The van der Waals surface area contributed by atoms with Crippen molar-refractivity contribution in [1.29, 1.82) is 0 Å². The molecule has 18 nitrogen and oxygen atoms in total. The second-order valence-corrected chi connectivity index (χ2v) is 17.8. The van der Waals surface area contributed by atoms with E-state index in [1.807, 2.05) is 63.2 Å². The molecular weight excluding hydrogens is 911 g/mol. The zero-order valence-corrected chi connectivity index (χ0v) is 39.2. The van der Waals surface area contributed by atoms with E-state index in [0.29, 0.717) is 67.8 Å². The average molecular weight is 957 g/mol. The van der Waals surface area contributed by atoms with E-state index in [9.17, 15) is 18.4 Å². The van der Waals surface area contributed by atoms with E-state index >= 15 is 0 Å². The highest BCUT2D eigenvalue weighted by Crippen LogP contribution is 2.40. The largest absolute Gasteiger partial charge is 0.497 e. The Morgan fingerprint density at radius 1 is 0.606 bits per heavy atom. The van der Waals surface area contributed by atoms with Gasteiger partial charge in [-0.25, -0.2) is 48.0 Å². The fourth-order valence-corrected chi connectivity index (χ4v) is 9.27. The number of halogens is 2. The lowest BCUT2D eigenvalue weighted by Gasteiger charge is -2.19. The number of ether oxygens (including phenoxy) is 2. The number of nitrogens with zero attached hydrogens (tertiary/aromatic N) is 12. The molecule has 12 rings (SSSR count). The van der Waals surface area contributed by atoms with Gasteiger partial charge in [-0.05, 0) is 131 Å². The van der Waals surface area contributed by atoms with E-state index < -0.39 is 23.7 Å². The molecule has 4 N–H and O–H groups in total. The van der Waals surface area contributed by atoms with Crippen molar-refractivity contribution in [3.8, 4) is 34.0 Å². The number of fused-ring (bicyclic) bond motifs is 4. The van der Waals surface area contributed by atoms with E-state index in [2.05, 4.69) is 19.9 Å². The lowest BCUT2D eigenvalue weighted by Crippen LogP contribution is -2.28. The number of rotatable bonds is 10. The highest BCUT2D eigenvalue weighted by atomic mass is 19.1. The molecule has 0 spiro atoms. The van der Waals surface area contributed by atoms with Gasteiger partial charge in [0.25, 0.3) is 11.1 Å². The molecule has 2 fully saturated rings. The third-order valence-corrected chi connectivity index (χ3v) is 13.2. The van der Waals surface area contributed by atoms with Crippen LogP contribution in [-0.2, 0) is 0 Å². The Bertz CT molecular complexity index is 3880. The number of hydrogen-bond acceptors (Lipinski definition) is 14. The Morgan fingerprint density at radius 2 is 1.07 bits per heavy atom. The van der Waals surface area contributed by atoms with Crippen LogP contribution in [0.25, 0.3) is 66.4 Å². The monoisotopic (exact) mass is 956 g/mol. The quantitative estimate of drug-likeness (QED) is 0.132. The summed E-state index contributed by atoms with van der Waals surface area (Å²) in [6.45, 7) is 5.79. The van der Waals surface area contributed by atoms with Gasteiger partial charge in [0, 0.05) is 23.2 Å². The summed E-state index contributed by atoms with van der Waals surface area (Å²) in [4.78, 5) is 53.8.